The van der Waals surface area contributed by atoms with Crippen LogP contribution in [0.4, 0.5) is 0 Å². The van der Waals surface area contributed by atoms with E-state index >= 15 is 0 Å². The zero-order valence-corrected chi connectivity index (χ0v) is 12.9. The number of aliphatic hydroxyl groups excluding tert-OH is 4. The van der Waals surface area contributed by atoms with Gasteiger partial charge in [-0.25, -0.2) is 0 Å². The summed E-state index contributed by atoms with van der Waals surface area (Å²) in [5.41, 5.74) is -5.61. The quantitative estimate of drug-likeness (QED) is 0.389. The highest BCUT2D eigenvalue weighted by molar-refractivity contribution is 5.23. The Bertz CT molecular complexity index is 402. The third-order valence-corrected chi connectivity index (χ3v) is 6.19. The molecule has 2 fully saturated rings. The van der Waals surface area contributed by atoms with Crippen LogP contribution in [0.3, 0.4) is 0 Å². The number of rotatable bonds is 2. The fourth-order valence-electron chi connectivity index (χ4n) is 4.47. The molecule has 0 aliphatic heterocycles. The van der Waals surface area contributed by atoms with Crippen molar-refractivity contribution in [2.24, 2.45) is 17.3 Å². The van der Waals surface area contributed by atoms with Crippen molar-refractivity contribution < 1.29 is 30.6 Å². The Hall–Kier alpha value is -0.240. The summed E-state index contributed by atoms with van der Waals surface area (Å²) in [7, 11) is 0. The normalized spacial score (nSPS) is 54.6. The molecule has 7 atom stereocenters. The summed E-state index contributed by atoms with van der Waals surface area (Å²) >= 11 is 0. The van der Waals surface area contributed by atoms with Gasteiger partial charge in [-0.15, -0.1) is 0 Å². The lowest BCUT2D eigenvalue weighted by atomic mass is 9.46. The van der Waals surface area contributed by atoms with Gasteiger partial charge in [0.25, 0.3) is 0 Å². The fraction of sp³-hybridized carbons (Fsp3) is 1.00. The summed E-state index contributed by atoms with van der Waals surface area (Å²) in [6, 6.07) is 0. The maximum atomic E-state index is 11.2. The summed E-state index contributed by atoms with van der Waals surface area (Å²) in [5, 5.41) is 63.1. The first kappa shape index (κ1) is 17.1. The van der Waals surface area contributed by atoms with Gasteiger partial charge < -0.3 is 30.6 Å². The minimum Gasteiger partial charge on any atom is -0.393 e. The van der Waals surface area contributed by atoms with Gasteiger partial charge in [-0.3, -0.25) is 0 Å². The van der Waals surface area contributed by atoms with Crippen molar-refractivity contribution in [1.29, 1.82) is 0 Å². The van der Waals surface area contributed by atoms with E-state index in [1.165, 1.54) is 6.92 Å². The molecule has 0 unspecified atom stereocenters. The second kappa shape index (κ2) is 5.15. The molecule has 124 valence electrons. The summed E-state index contributed by atoms with van der Waals surface area (Å²) in [5.74, 6) is -0.452. The lowest BCUT2D eigenvalue weighted by molar-refractivity contribution is -0.353. The van der Waals surface area contributed by atoms with E-state index in [0.717, 1.165) is 0 Å². The van der Waals surface area contributed by atoms with Crippen LogP contribution < -0.4 is 0 Å². The molecule has 2 aliphatic carbocycles. The molecular weight excluding hydrogens is 276 g/mol. The highest BCUT2D eigenvalue weighted by Crippen LogP contribution is 2.58. The van der Waals surface area contributed by atoms with Gasteiger partial charge >= 0.3 is 0 Å². The molecule has 0 aromatic carbocycles. The monoisotopic (exact) mass is 304 g/mol. The first-order valence-corrected chi connectivity index (χ1v) is 7.66. The first-order valence-electron chi connectivity index (χ1n) is 7.66. The first-order chi connectivity index (χ1) is 9.56. The van der Waals surface area contributed by atoms with Crippen LogP contribution in [0.25, 0.3) is 0 Å². The van der Waals surface area contributed by atoms with E-state index in [1.54, 1.807) is 0 Å². The average Bonchev–Trinajstić information content (AvgIpc) is 2.43. The van der Waals surface area contributed by atoms with Crippen LogP contribution in [0, 0.1) is 17.3 Å². The molecule has 21 heavy (non-hydrogen) atoms. The molecule has 0 amide bonds. The van der Waals surface area contributed by atoms with E-state index in [4.69, 9.17) is 0 Å². The predicted octanol–water partition coefficient (Wildman–Crippen LogP) is -1.00. The van der Waals surface area contributed by atoms with E-state index in [9.17, 15) is 30.6 Å². The van der Waals surface area contributed by atoms with Gasteiger partial charge in [-0.05, 0) is 31.1 Å². The van der Waals surface area contributed by atoms with Gasteiger partial charge in [0.05, 0.1) is 30.3 Å². The molecular formula is C15H28O6. The average molecular weight is 304 g/mol. The van der Waals surface area contributed by atoms with E-state index in [0.29, 0.717) is 0 Å². The number of hydrogen-bond acceptors (Lipinski definition) is 6. The van der Waals surface area contributed by atoms with Crippen molar-refractivity contribution in [2.75, 3.05) is 6.61 Å². The van der Waals surface area contributed by atoms with Crippen molar-refractivity contribution in [2.45, 2.75) is 69.5 Å². The van der Waals surface area contributed by atoms with Crippen molar-refractivity contribution in [3.63, 3.8) is 0 Å². The Morgan fingerprint density at radius 2 is 1.67 bits per heavy atom. The van der Waals surface area contributed by atoms with Crippen molar-refractivity contribution in [3.8, 4) is 0 Å². The third kappa shape index (κ3) is 1.93. The van der Waals surface area contributed by atoms with Crippen LogP contribution >= 0.6 is 0 Å². The molecule has 2 aliphatic rings. The van der Waals surface area contributed by atoms with Crippen LogP contribution in [0.2, 0.25) is 0 Å². The molecule has 0 saturated heterocycles. The van der Waals surface area contributed by atoms with Crippen molar-refractivity contribution in [1.82, 2.24) is 0 Å². The molecule has 0 heterocycles. The summed E-state index contributed by atoms with van der Waals surface area (Å²) in [6.07, 6.45) is -3.13. The Labute approximate surface area is 125 Å². The predicted molar refractivity (Wildman–Crippen MR) is 75.3 cm³/mol. The fourth-order valence-corrected chi connectivity index (χ4v) is 4.47. The van der Waals surface area contributed by atoms with Crippen molar-refractivity contribution in [3.05, 3.63) is 0 Å². The highest BCUT2D eigenvalue weighted by Gasteiger charge is 2.73. The minimum absolute atomic E-state index is 0.0229. The molecule has 2 saturated carbocycles. The summed E-state index contributed by atoms with van der Waals surface area (Å²) < 4.78 is 0. The van der Waals surface area contributed by atoms with E-state index in [1.807, 2.05) is 13.8 Å². The van der Waals surface area contributed by atoms with Crippen LogP contribution in [0.15, 0.2) is 0 Å². The Kier molecular flexibility index (Phi) is 4.20. The van der Waals surface area contributed by atoms with Gasteiger partial charge in [0.2, 0.25) is 0 Å². The molecule has 6 nitrogen and oxygen atoms in total. The second-order valence-corrected chi connectivity index (χ2v) is 7.40. The largest absolute Gasteiger partial charge is 0.393 e. The summed E-state index contributed by atoms with van der Waals surface area (Å²) in [4.78, 5) is 0. The van der Waals surface area contributed by atoms with Crippen molar-refractivity contribution >= 4 is 0 Å². The minimum atomic E-state index is -2.17. The van der Waals surface area contributed by atoms with Gasteiger partial charge in [0, 0.05) is 0 Å². The molecule has 0 aromatic rings. The molecule has 6 heteroatoms. The Morgan fingerprint density at radius 3 is 2.14 bits per heavy atom. The molecule has 0 spiro atoms. The maximum Gasteiger partial charge on any atom is 0.132 e. The summed E-state index contributed by atoms with van der Waals surface area (Å²) in [6.45, 7) is 4.47. The SMILES string of the molecule is CC(C)[C@@H]1C[C@@H](O)[C@]2(C)[C@@H](O)CC[C@@](O)(CO)[C@@]2(O)[C@@H]1O. The van der Waals surface area contributed by atoms with E-state index in [2.05, 4.69) is 0 Å². The molecule has 2 rings (SSSR count). The Morgan fingerprint density at radius 1 is 1.10 bits per heavy atom. The second-order valence-electron chi connectivity index (χ2n) is 7.40. The zero-order valence-electron chi connectivity index (χ0n) is 12.9. The van der Waals surface area contributed by atoms with Gasteiger partial charge in [-0.2, -0.15) is 0 Å². The molecule has 0 aromatic heterocycles. The standard InChI is InChI=1S/C15H28O6/c1-8(2)9-6-11(18)13(3)10(17)4-5-14(20,7-16)15(13,21)12(9)19/h8-12,16-21H,4-7H2,1-3H3/t9-,10-,11+,12+,13-,14+,15+/m0/s1. The number of fused-ring (bicyclic) bond motifs is 1. The van der Waals surface area contributed by atoms with Gasteiger partial charge in [0.1, 0.15) is 11.2 Å². The highest BCUT2D eigenvalue weighted by atomic mass is 16.4. The third-order valence-electron chi connectivity index (χ3n) is 6.19. The zero-order chi connectivity index (χ0) is 16.2. The molecule has 6 N–H and O–H groups in total. The van der Waals surface area contributed by atoms with Gasteiger partial charge in [0.15, 0.2) is 0 Å². The van der Waals surface area contributed by atoms with Gasteiger partial charge in [-0.1, -0.05) is 20.8 Å². The lowest BCUT2D eigenvalue weighted by Crippen LogP contribution is -2.81. The van der Waals surface area contributed by atoms with Crippen LogP contribution in [-0.2, 0) is 0 Å². The number of aliphatic hydroxyl groups is 6. The molecule has 0 radical (unpaired) electrons. The Balaban J connectivity index is 2.60. The van der Waals surface area contributed by atoms with Crippen LogP contribution in [0.5, 0.6) is 0 Å². The van der Waals surface area contributed by atoms with Crippen LogP contribution in [-0.4, -0.2) is 66.8 Å². The van der Waals surface area contributed by atoms with E-state index < -0.39 is 47.5 Å². The number of hydrogen-bond donors (Lipinski definition) is 6. The topological polar surface area (TPSA) is 121 Å². The maximum absolute atomic E-state index is 11.2. The van der Waals surface area contributed by atoms with E-state index in [-0.39, 0.29) is 25.2 Å². The smallest absolute Gasteiger partial charge is 0.132 e. The van der Waals surface area contributed by atoms with Crippen LogP contribution in [0.1, 0.15) is 40.0 Å². The lowest BCUT2D eigenvalue weighted by Gasteiger charge is -2.65. The molecule has 0 bridgehead atoms.